The SMILES string of the molecule is Cc1c(-n2nccn2)sc2c1c(=O)n(C1CCNC1=O)c(=O)n2CCc1cc(F)ccc1OCc1ccccc1. The Bertz CT molecular complexity index is 1830. The quantitative estimate of drug-likeness (QED) is 0.312. The van der Waals surface area contributed by atoms with Gasteiger partial charge < -0.3 is 10.1 Å². The minimum absolute atomic E-state index is 0.126. The first-order valence-electron chi connectivity index (χ1n) is 12.8. The molecule has 2 aromatic carbocycles. The molecule has 1 amide bonds. The number of ether oxygens (including phenoxy) is 1. The van der Waals surface area contributed by atoms with Gasteiger partial charge in [-0.1, -0.05) is 41.7 Å². The maximum absolute atomic E-state index is 14.3. The molecule has 40 heavy (non-hydrogen) atoms. The molecule has 204 valence electrons. The van der Waals surface area contributed by atoms with Crippen LogP contribution in [0.25, 0.3) is 15.2 Å². The third-order valence-electron chi connectivity index (χ3n) is 7.01. The van der Waals surface area contributed by atoms with Crippen molar-refractivity contribution in [1.82, 2.24) is 29.4 Å². The van der Waals surface area contributed by atoms with E-state index in [4.69, 9.17) is 4.74 Å². The first kappa shape index (κ1) is 25.7. The smallest absolute Gasteiger partial charge is 0.332 e. The molecule has 12 heteroatoms. The van der Waals surface area contributed by atoms with Gasteiger partial charge >= 0.3 is 5.69 Å². The van der Waals surface area contributed by atoms with E-state index in [1.807, 2.05) is 30.3 Å². The van der Waals surface area contributed by atoms with E-state index in [0.717, 1.165) is 10.1 Å². The fourth-order valence-electron chi connectivity index (χ4n) is 5.02. The molecule has 0 spiro atoms. The highest BCUT2D eigenvalue weighted by atomic mass is 32.1. The van der Waals surface area contributed by atoms with Crippen LogP contribution in [0, 0.1) is 12.7 Å². The Kier molecular flexibility index (Phi) is 6.76. The first-order chi connectivity index (χ1) is 19.4. The molecule has 1 N–H and O–H groups in total. The zero-order valence-corrected chi connectivity index (χ0v) is 22.4. The predicted octanol–water partition coefficient (Wildman–Crippen LogP) is 3.14. The molecule has 1 atom stereocenters. The maximum atomic E-state index is 14.3. The van der Waals surface area contributed by atoms with Crippen molar-refractivity contribution in [3.8, 4) is 10.8 Å². The van der Waals surface area contributed by atoms with Gasteiger partial charge in [0.05, 0.1) is 17.8 Å². The van der Waals surface area contributed by atoms with E-state index in [9.17, 15) is 18.8 Å². The van der Waals surface area contributed by atoms with Crippen molar-refractivity contribution in [2.24, 2.45) is 0 Å². The largest absolute Gasteiger partial charge is 0.489 e. The molecular weight excluding hydrogens is 535 g/mol. The lowest BCUT2D eigenvalue weighted by Crippen LogP contribution is -2.44. The van der Waals surface area contributed by atoms with E-state index in [1.165, 1.54) is 45.2 Å². The van der Waals surface area contributed by atoms with Crippen molar-refractivity contribution < 1.29 is 13.9 Å². The van der Waals surface area contributed by atoms with Gasteiger partial charge in [-0.3, -0.25) is 14.2 Å². The second-order valence-electron chi connectivity index (χ2n) is 9.51. The average Bonchev–Trinajstić information content (AvgIpc) is 3.70. The van der Waals surface area contributed by atoms with Crippen molar-refractivity contribution in [1.29, 1.82) is 0 Å². The lowest BCUT2D eigenvalue weighted by atomic mass is 10.1. The fourth-order valence-corrected chi connectivity index (χ4v) is 6.25. The van der Waals surface area contributed by atoms with Gasteiger partial charge in [0, 0.05) is 18.7 Å². The minimum Gasteiger partial charge on any atom is -0.489 e. The number of aromatic nitrogens is 5. The van der Waals surface area contributed by atoms with Crippen molar-refractivity contribution in [2.75, 3.05) is 6.54 Å². The van der Waals surface area contributed by atoms with Gasteiger partial charge in [-0.05, 0) is 49.1 Å². The number of carbonyl (C=O) groups is 1. The summed E-state index contributed by atoms with van der Waals surface area (Å²) in [6, 6.07) is 13.0. The van der Waals surface area contributed by atoms with E-state index in [1.54, 1.807) is 13.0 Å². The van der Waals surface area contributed by atoms with Gasteiger partial charge in [0.1, 0.15) is 34.0 Å². The predicted molar refractivity (Wildman–Crippen MR) is 148 cm³/mol. The Labute approximate surface area is 231 Å². The van der Waals surface area contributed by atoms with Crippen LogP contribution in [0.4, 0.5) is 4.39 Å². The Morgan fingerprint density at radius 2 is 1.88 bits per heavy atom. The molecule has 4 heterocycles. The molecule has 5 aromatic rings. The number of halogens is 1. The third kappa shape index (κ3) is 4.60. The number of carbonyl (C=O) groups excluding carboxylic acids is 1. The number of hydrogen-bond acceptors (Lipinski definition) is 7. The van der Waals surface area contributed by atoms with Gasteiger partial charge in [0.15, 0.2) is 0 Å². The summed E-state index contributed by atoms with van der Waals surface area (Å²) in [7, 11) is 0. The molecule has 3 aromatic heterocycles. The summed E-state index contributed by atoms with van der Waals surface area (Å²) >= 11 is 1.22. The minimum atomic E-state index is -0.903. The lowest BCUT2D eigenvalue weighted by Gasteiger charge is -2.16. The number of amides is 1. The average molecular weight is 561 g/mol. The Balaban J connectivity index is 1.43. The number of aryl methyl sites for hydroxylation is 3. The number of rotatable bonds is 8. The molecule has 0 radical (unpaired) electrons. The highest BCUT2D eigenvalue weighted by molar-refractivity contribution is 7.21. The highest BCUT2D eigenvalue weighted by Crippen LogP contribution is 2.31. The van der Waals surface area contributed by atoms with Crippen LogP contribution in [0.15, 0.2) is 70.5 Å². The second-order valence-corrected chi connectivity index (χ2v) is 10.5. The molecule has 1 unspecified atom stereocenters. The summed E-state index contributed by atoms with van der Waals surface area (Å²) in [6.45, 7) is 2.58. The number of fused-ring (bicyclic) bond motifs is 1. The van der Waals surface area contributed by atoms with Gasteiger partial charge in [0.25, 0.3) is 5.56 Å². The van der Waals surface area contributed by atoms with Gasteiger partial charge in [-0.25, -0.2) is 13.8 Å². The highest BCUT2D eigenvalue weighted by Gasteiger charge is 2.31. The number of benzene rings is 2. The summed E-state index contributed by atoms with van der Waals surface area (Å²) < 4.78 is 22.9. The van der Waals surface area contributed by atoms with E-state index in [2.05, 4.69) is 15.5 Å². The number of nitrogens with one attached hydrogen (secondary N) is 1. The van der Waals surface area contributed by atoms with Gasteiger partial charge in [0.2, 0.25) is 5.91 Å². The van der Waals surface area contributed by atoms with Crippen molar-refractivity contribution in [3.63, 3.8) is 0 Å². The normalized spacial score (nSPS) is 15.1. The van der Waals surface area contributed by atoms with E-state index in [-0.39, 0.29) is 18.9 Å². The van der Waals surface area contributed by atoms with Crippen LogP contribution < -0.4 is 21.3 Å². The number of nitrogens with zero attached hydrogens (tertiary/aromatic N) is 5. The zero-order valence-electron chi connectivity index (χ0n) is 21.5. The molecule has 0 saturated carbocycles. The Hall–Kier alpha value is -4.58. The first-order valence-corrected chi connectivity index (χ1v) is 13.6. The molecular formula is C28H25FN6O4S. The van der Waals surface area contributed by atoms with E-state index < -0.39 is 23.1 Å². The van der Waals surface area contributed by atoms with Crippen LogP contribution in [-0.2, 0) is 24.4 Å². The molecule has 6 rings (SSSR count). The summed E-state index contributed by atoms with van der Waals surface area (Å²) in [5, 5.41) is 12.0. The topological polar surface area (TPSA) is 113 Å². The second kappa shape index (κ2) is 10.5. The third-order valence-corrected chi connectivity index (χ3v) is 8.29. The van der Waals surface area contributed by atoms with Crippen molar-refractivity contribution >= 4 is 27.5 Å². The fraction of sp³-hybridized carbons (Fsp3) is 0.250. The molecule has 1 fully saturated rings. The lowest BCUT2D eigenvalue weighted by molar-refractivity contribution is -0.122. The molecule has 0 bridgehead atoms. The summed E-state index contributed by atoms with van der Waals surface area (Å²) in [4.78, 5) is 41.9. The summed E-state index contributed by atoms with van der Waals surface area (Å²) in [5.74, 6) is -0.290. The van der Waals surface area contributed by atoms with E-state index in [0.29, 0.717) is 51.7 Å². The van der Waals surface area contributed by atoms with Crippen LogP contribution in [0.3, 0.4) is 0 Å². The van der Waals surface area contributed by atoms with Crippen LogP contribution in [-0.4, -0.2) is 36.6 Å². The maximum Gasteiger partial charge on any atom is 0.332 e. The molecule has 1 aliphatic heterocycles. The molecule has 10 nitrogen and oxygen atoms in total. The number of hydrogen-bond donors (Lipinski definition) is 1. The van der Waals surface area contributed by atoms with Crippen LogP contribution in [0.1, 0.15) is 29.2 Å². The van der Waals surface area contributed by atoms with Crippen molar-refractivity contribution in [3.05, 3.63) is 104 Å². The van der Waals surface area contributed by atoms with Gasteiger partial charge in [-0.2, -0.15) is 10.2 Å². The van der Waals surface area contributed by atoms with Crippen LogP contribution >= 0.6 is 11.3 Å². The van der Waals surface area contributed by atoms with Gasteiger partial charge in [-0.15, -0.1) is 4.80 Å². The van der Waals surface area contributed by atoms with Crippen molar-refractivity contribution in [2.45, 2.75) is 39.0 Å². The molecule has 1 saturated heterocycles. The standard InChI is InChI=1S/C28H25FN6O4S/c1-17-23-25(37)34(21-9-11-30-24(21)36)28(38)33(27(23)40-26(17)35-31-12-13-32-35)14-10-19-15-20(29)7-8-22(19)39-16-18-5-3-2-4-6-18/h2-8,12-13,15,21H,9-11,14,16H2,1H3,(H,30,36). The summed E-state index contributed by atoms with van der Waals surface area (Å²) in [6.07, 6.45) is 3.63. The Morgan fingerprint density at radius 1 is 1.10 bits per heavy atom. The van der Waals surface area contributed by atoms with Crippen LogP contribution in [0.5, 0.6) is 5.75 Å². The molecule has 0 aliphatic carbocycles. The zero-order chi connectivity index (χ0) is 27.8. The molecule has 1 aliphatic rings. The Morgan fingerprint density at radius 3 is 2.60 bits per heavy atom. The monoisotopic (exact) mass is 560 g/mol. The van der Waals surface area contributed by atoms with Crippen LogP contribution in [0.2, 0.25) is 0 Å². The number of thiophene rings is 1. The summed E-state index contributed by atoms with van der Waals surface area (Å²) in [5.41, 5.74) is 1.03. The van der Waals surface area contributed by atoms with E-state index >= 15 is 0 Å².